The largest absolute Gasteiger partial charge is 0.495 e. The van der Waals surface area contributed by atoms with Crippen LogP contribution in [0.1, 0.15) is 13.8 Å². The number of hydrogen-bond donors (Lipinski definition) is 1. The molecule has 0 saturated heterocycles. The Morgan fingerprint density at radius 2 is 2.06 bits per heavy atom. The number of halogens is 1. The summed E-state index contributed by atoms with van der Waals surface area (Å²) >= 11 is 6.03. The zero-order valence-electron chi connectivity index (χ0n) is 10.9. The first-order valence-corrected chi connectivity index (χ1v) is 6.15. The smallest absolute Gasteiger partial charge is 0.142 e. The minimum Gasteiger partial charge on any atom is -0.495 e. The van der Waals surface area contributed by atoms with Crippen LogP contribution in [0.4, 0.5) is 5.69 Å². The molecule has 0 saturated carbocycles. The summed E-state index contributed by atoms with van der Waals surface area (Å²) < 4.78 is 5.35. The van der Waals surface area contributed by atoms with Gasteiger partial charge in [0.2, 0.25) is 0 Å². The molecule has 17 heavy (non-hydrogen) atoms. The van der Waals surface area contributed by atoms with Crippen molar-refractivity contribution in [2.75, 3.05) is 25.6 Å². The minimum absolute atomic E-state index is 0.266. The Morgan fingerprint density at radius 1 is 1.41 bits per heavy atom. The fraction of sp³-hybridized carbons (Fsp3) is 0.538. The van der Waals surface area contributed by atoms with Crippen molar-refractivity contribution in [1.29, 1.82) is 0 Å². The molecule has 1 atom stereocenters. The van der Waals surface area contributed by atoms with Gasteiger partial charge in [-0.2, -0.15) is 0 Å². The van der Waals surface area contributed by atoms with Gasteiger partial charge in [-0.15, -0.1) is 0 Å². The first-order chi connectivity index (χ1) is 8.01. The van der Waals surface area contributed by atoms with Crippen LogP contribution in [-0.4, -0.2) is 26.7 Å². The number of likely N-dealkylation sites (N-methyl/N-ethyl adjacent to an activating group) is 1. The van der Waals surface area contributed by atoms with Crippen LogP contribution in [0.15, 0.2) is 18.2 Å². The molecule has 0 amide bonds. The van der Waals surface area contributed by atoms with E-state index in [0.717, 1.165) is 11.4 Å². The quantitative estimate of drug-likeness (QED) is 0.881. The van der Waals surface area contributed by atoms with Gasteiger partial charge < -0.3 is 15.4 Å². The topological polar surface area (TPSA) is 38.5 Å². The second kappa shape index (κ2) is 6.12. The van der Waals surface area contributed by atoms with Gasteiger partial charge >= 0.3 is 0 Å². The second-order valence-electron chi connectivity index (χ2n) is 4.47. The van der Waals surface area contributed by atoms with Gasteiger partial charge in [0.25, 0.3) is 0 Å². The lowest BCUT2D eigenvalue weighted by atomic mass is 10.0. The van der Waals surface area contributed by atoms with E-state index in [2.05, 4.69) is 18.7 Å². The number of benzene rings is 1. The maximum atomic E-state index is 6.03. The van der Waals surface area contributed by atoms with Gasteiger partial charge in [-0.25, -0.2) is 0 Å². The number of ether oxygens (including phenoxy) is 1. The molecule has 0 bridgehead atoms. The zero-order valence-corrected chi connectivity index (χ0v) is 11.7. The van der Waals surface area contributed by atoms with Gasteiger partial charge in [0, 0.05) is 24.7 Å². The Labute approximate surface area is 109 Å². The lowest BCUT2D eigenvalue weighted by Crippen LogP contribution is -2.42. The van der Waals surface area contributed by atoms with Gasteiger partial charge in [0.05, 0.1) is 12.8 Å². The monoisotopic (exact) mass is 256 g/mol. The van der Waals surface area contributed by atoms with Gasteiger partial charge in [-0.05, 0) is 24.1 Å². The molecule has 1 rings (SSSR count). The summed E-state index contributed by atoms with van der Waals surface area (Å²) in [6, 6.07) is 5.88. The normalized spacial score (nSPS) is 12.6. The Bertz CT molecular complexity index is 368. The average molecular weight is 257 g/mol. The van der Waals surface area contributed by atoms with E-state index in [1.165, 1.54) is 0 Å². The fourth-order valence-corrected chi connectivity index (χ4v) is 2.16. The Morgan fingerprint density at radius 3 is 2.53 bits per heavy atom. The van der Waals surface area contributed by atoms with E-state index in [-0.39, 0.29) is 6.04 Å². The predicted octanol–water partition coefficient (Wildman–Crippen LogP) is 2.77. The van der Waals surface area contributed by atoms with Crippen LogP contribution in [0.3, 0.4) is 0 Å². The zero-order chi connectivity index (χ0) is 13.0. The van der Waals surface area contributed by atoms with Crippen LogP contribution in [0.2, 0.25) is 5.02 Å². The summed E-state index contributed by atoms with van der Waals surface area (Å²) in [6.07, 6.45) is 0. The molecule has 1 aromatic carbocycles. The lowest BCUT2D eigenvalue weighted by Gasteiger charge is -2.33. The Kier molecular flexibility index (Phi) is 5.09. The summed E-state index contributed by atoms with van der Waals surface area (Å²) in [7, 11) is 3.68. The molecule has 0 aromatic heterocycles. The number of methoxy groups -OCH3 is 1. The highest BCUT2D eigenvalue weighted by atomic mass is 35.5. The summed E-state index contributed by atoms with van der Waals surface area (Å²) in [6.45, 7) is 4.92. The fourth-order valence-electron chi connectivity index (χ4n) is 1.99. The van der Waals surface area contributed by atoms with Crippen molar-refractivity contribution in [3.63, 3.8) is 0 Å². The SMILES string of the molecule is COc1ccc(Cl)cc1N(C)C(CN)C(C)C. The van der Waals surface area contributed by atoms with Crippen molar-refractivity contribution in [2.45, 2.75) is 19.9 Å². The number of nitrogens with two attached hydrogens (primary N) is 1. The standard InChI is InChI=1S/C13H21ClN2O/c1-9(2)12(8-15)16(3)11-7-10(14)5-6-13(11)17-4/h5-7,9,12H,8,15H2,1-4H3. The highest BCUT2D eigenvalue weighted by Gasteiger charge is 2.20. The molecule has 4 heteroatoms. The van der Waals surface area contributed by atoms with Gasteiger partial charge in [-0.1, -0.05) is 25.4 Å². The van der Waals surface area contributed by atoms with Crippen molar-refractivity contribution in [3.05, 3.63) is 23.2 Å². The highest BCUT2D eigenvalue weighted by molar-refractivity contribution is 6.30. The van der Waals surface area contributed by atoms with E-state index >= 15 is 0 Å². The van der Waals surface area contributed by atoms with Crippen LogP contribution < -0.4 is 15.4 Å². The summed E-state index contributed by atoms with van der Waals surface area (Å²) in [5.74, 6) is 1.28. The number of nitrogens with zero attached hydrogens (tertiary/aromatic N) is 1. The van der Waals surface area contributed by atoms with Crippen molar-refractivity contribution < 1.29 is 4.74 Å². The third kappa shape index (κ3) is 3.27. The van der Waals surface area contributed by atoms with E-state index in [9.17, 15) is 0 Å². The summed E-state index contributed by atoms with van der Waals surface area (Å²) in [5.41, 5.74) is 6.80. The van der Waals surface area contributed by atoms with Crippen LogP contribution in [0.5, 0.6) is 5.75 Å². The van der Waals surface area contributed by atoms with Crippen molar-refractivity contribution in [1.82, 2.24) is 0 Å². The Balaban J connectivity index is 3.08. The third-order valence-electron chi connectivity index (χ3n) is 3.03. The molecular weight excluding hydrogens is 236 g/mol. The first-order valence-electron chi connectivity index (χ1n) is 5.77. The lowest BCUT2D eigenvalue weighted by molar-refractivity contribution is 0.409. The summed E-state index contributed by atoms with van der Waals surface area (Å²) in [5, 5.41) is 0.701. The number of hydrogen-bond acceptors (Lipinski definition) is 3. The molecule has 0 spiro atoms. The highest BCUT2D eigenvalue weighted by Crippen LogP contribution is 2.32. The van der Waals surface area contributed by atoms with E-state index in [1.54, 1.807) is 7.11 Å². The van der Waals surface area contributed by atoms with E-state index < -0.39 is 0 Å². The first kappa shape index (κ1) is 14.1. The van der Waals surface area contributed by atoms with Gasteiger partial charge in [-0.3, -0.25) is 0 Å². The molecule has 1 aromatic rings. The van der Waals surface area contributed by atoms with Crippen LogP contribution in [-0.2, 0) is 0 Å². The molecule has 0 fully saturated rings. The molecule has 2 N–H and O–H groups in total. The predicted molar refractivity (Wildman–Crippen MR) is 74.1 cm³/mol. The molecule has 0 aliphatic rings. The van der Waals surface area contributed by atoms with Gasteiger partial charge in [0.15, 0.2) is 0 Å². The third-order valence-corrected chi connectivity index (χ3v) is 3.26. The van der Waals surface area contributed by atoms with E-state index in [0.29, 0.717) is 17.5 Å². The van der Waals surface area contributed by atoms with Crippen LogP contribution in [0, 0.1) is 5.92 Å². The minimum atomic E-state index is 0.266. The maximum absolute atomic E-state index is 6.03. The van der Waals surface area contributed by atoms with E-state index in [1.807, 2.05) is 25.2 Å². The molecular formula is C13H21ClN2O. The molecule has 0 heterocycles. The van der Waals surface area contributed by atoms with Crippen LogP contribution in [0.25, 0.3) is 0 Å². The second-order valence-corrected chi connectivity index (χ2v) is 4.91. The van der Waals surface area contributed by atoms with Crippen molar-refractivity contribution >= 4 is 17.3 Å². The maximum Gasteiger partial charge on any atom is 0.142 e. The molecule has 0 aliphatic heterocycles. The van der Waals surface area contributed by atoms with Crippen molar-refractivity contribution in [3.8, 4) is 5.75 Å². The van der Waals surface area contributed by atoms with Crippen LogP contribution >= 0.6 is 11.6 Å². The summed E-state index contributed by atoms with van der Waals surface area (Å²) in [4.78, 5) is 2.13. The van der Waals surface area contributed by atoms with E-state index in [4.69, 9.17) is 22.1 Å². The van der Waals surface area contributed by atoms with Crippen molar-refractivity contribution in [2.24, 2.45) is 11.7 Å². The Hall–Kier alpha value is -0.930. The molecule has 3 nitrogen and oxygen atoms in total. The molecule has 0 aliphatic carbocycles. The number of anilines is 1. The number of rotatable bonds is 5. The average Bonchev–Trinajstić information content (AvgIpc) is 2.29. The van der Waals surface area contributed by atoms with Gasteiger partial charge in [0.1, 0.15) is 5.75 Å². The molecule has 1 unspecified atom stereocenters. The molecule has 0 radical (unpaired) electrons. The molecule has 96 valence electrons.